The average molecular weight is 561 g/mol. The van der Waals surface area contributed by atoms with E-state index in [0.717, 1.165) is 28.0 Å². The lowest BCUT2D eigenvalue weighted by molar-refractivity contribution is -0.121. The summed E-state index contributed by atoms with van der Waals surface area (Å²) in [6.45, 7) is 4.07. The number of amides is 1. The van der Waals surface area contributed by atoms with Crippen molar-refractivity contribution < 1.29 is 19.1 Å². The van der Waals surface area contributed by atoms with Crippen LogP contribution < -0.4 is 15.0 Å². The van der Waals surface area contributed by atoms with Crippen molar-refractivity contribution in [3.05, 3.63) is 117 Å². The van der Waals surface area contributed by atoms with Gasteiger partial charge < -0.3 is 15.0 Å². The zero-order chi connectivity index (χ0) is 28.5. The van der Waals surface area contributed by atoms with Gasteiger partial charge in [0.05, 0.1) is 23.9 Å². The highest BCUT2D eigenvalue weighted by Gasteiger charge is 2.70. The molecule has 0 bridgehead atoms. The Bertz CT molecular complexity index is 1770. The Labute approximate surface area is 242 Å². The fraction of sp³-hybridized carbons (Fsp3) is 0.206. The number of rotatable bonds is 5. The highest BCUT2D eigenvalue weighted by atomic mass is 32.1. The number of anilines is 2. The Hall–Kier alpha value is -4.49. The van der Waals surface area contributed by atoms with E-state index in [1.165, 1.54) is 11.3 Å². The van der Waals surface area contributed by atoms with E-state index in [1.54, 1.807) is 37.4 Å². The molecule has 41 heavy (non-hydrogen) atoms. The van der Waals surface area contributed by atoms with E-state index >= 15 is 0 Å². The molecule has 7 heteroatoms. The number of ether oxygens (including phenoxy) is 1. The van der Waals surface area contributed by atoms with Crippen molar-refractivity contribution >= 4 is 45.8 Å². The largest absolute Gasteiger partial charge is 0.497 e. The number of hydrogen-bond donors (Lipinski definition) is 1. The summed E-state index contributed by atoms with van der Waals surface area (Å²) in [6, 6.07) is 22.8. The smallest absolute Gasteiger partial charge is 0.238 e. The summed E-state index contributed by atoms with van der Waals surface area (Å²) >= 11 is 1.35. The molecule has 0 radical (unpaired) electrons. The van der Waals surface area contributed by atoms with Gasteiger partial charge in [0.15, 0.2) is 11.6 Å². The first-order valence-corrected chi connectivity index (χ1v) is 14.5. The van der Waals surface area contributed by atoms with Crippen LogP contribution in [-0.4, -0.2) is 36.7 Å². The van der Waals surface area contributed by atoms with Crippen molar-refractivity contribution in [3.8, 4) is 5.75 Å². The van der Waals surface area contributed by atoms with Crippen LogP contribution in [0, 0.1) is 12.8 Å². The molecule has 1 fully saturated rings. The maximum absolute atomic E-state index is 14.9. The highest BCUT2D eigenvalue weighted by Crippen LogP contribution is 2.59. The predicted molar refractivity (Wildman–Crippen MR) is 161 cm³/mol. The van der Waals surface area contributed by atoms with E-state index in [1.807, 2.05) is 66.6 Å². The van der Waals surface area contributed by atoms with Crippen LogP contribution in [0.4, 0.5) is 11.4 Å². The second-order valence-corrected chi connectivity index (χ2v) is 11.9. The zero-order valence-corrected chi connectivity index (χ0v) is 23.7. The molecular formula is C34H28N2O4S. The summed E-state index contributed by atoms with van der Waals surface area (Å²) in [5.74, 6) is -1.17. The molecule has 4 unspecified atom stereocenters. The van der Waals surface area contributed by atoms with Crippen LogP contribution in [0.1, 0.15) is 43.6 Å². The number of carbonyl (C=O) groups is 3. The first kappa shape index (κ1) is 25.5. The molecule has 4 heterocycles. The minimum atomic E-state index is -1.34. The second kappa shape index (κ2) is 9.28. The molecule has 7 rings (SSSR count). The molecule has 1 saturated heterocycles. The Kier molecular flexibility index (Phi) is 5.77. The molecule has 1 spiro atoms. The monoisotopic (exact) mass is 560 g/mol. The van der Waals surface area contributed by atoms with E-state index in [0.29, 0.717) is 21.9 Å². The molecular weight excluding hydrogens is 532 g/mol. The summed E-state index contributed by atoms with van der Waals surface area (Å²) < 4.78 is 5.44. The van der Waals surface area contributed by atoms with Gasteiger partial charge in [-0.25, -0.2) is 0 Å². The molecule has 1 amide bonds. The predicted octanol–water partition coefficient (Wildman–Crippen LogP) is 6.31. The van der Waals surface area contributed by atoms with Gasteiger partial charge in [-0.2, -0.15) is 0 Å². The minimum absolute atomic E-state index is 0.167. The molecule has 1 N–H and O–H groups in total. The number of benzene rings is 3. The van der Waals surface area contributed by atoms with Crippen molar-refractivity contribution in [2.24, 2.45) is 5.92 Å². The molecule has 204 valence electrons. The molecule has 0 saturated carbocycles. The zero-order valence-electron chi connectivity index (χ0n) is 22.9. The highest BCUT2D eigenvalue weighted by molar-refractivity contribution is 7.12. The third-order valence-electron chi connectivity index (χ3n) is 8.80. The van der Waals surface area contributed by atoms with Crippen molar-refractivity contribution in [1.82, 2.24) is 0 Å². The average Bonchev–Trinajstić information content (AvgIpc) is 3.70. The summed E-state index contributed by atoms with van der Waals surface area (Å²) in [7, 11) is 1.55. The number of ketones is 2. The van der Waals surface area contributed by atoms with Crippen LogP contribution in [0.15, 0.2) is 90.3 Å². The van der Waals surface area contributed by atoms with Crippen molar-refractivity contribution in [3.63, 3.8) is 0 Å². The number of aryl methyl sites for hydroxylation is 1. The third kappa shape index (κ3) is 3.51. The van der Waals surface area contributed by atoms with E-state index in [-0.39, 0.29) is 17.5 Å². The molecule has 4 atom stereocenters. The van der Waals surface area contributed by atoms with Crippen LogP contribution in [0.3, 0.4) is 0 Å². The quantitative estimate of drug-likeness (QED) is 0.290. The lowest BCUT2D eigenvalue weighted by atomic mass is 9.64. The summed E-state index contributed by atoms with van der Waals surface area (Å²) in [5, 5.41) is 4.95. The number of nitrogens with zero attached hydrogens (tertiary/aromatic N) is 1. The van der Waals surface area contributed by atoms with Crippen LogP contribution in [0.25, 0.3) is 5.57 Å². The Morgan fingerprint density at radius 1 is 0.951 bits per heavy atom. The van der Waals surface area contributed by atoms with Gasteiger partial charge in [-0.15, -0.1) is 11.3 Å². The van der Waals surface area contributed by atoms with Gasteiger partial charge in [0, 0.05) is 22.5 Å². The number of thiophene rings is 1. The fourth-order valence-electron chi connectivity index (χ4n) is 7.07. The molecule has 3 aromatic carbocycles. The van der Waals surface area contributed by atoms with E-state index in [2.05, 4.69) is 17.5 Å². The number of hydrogen-bond acceptors (Lipinski definition) is 6. The number of fused-ring (bicyclic) bond motifs is 6. The number of nitrogens with one attached hydrogen (secondary N) is 1. The van der Waals surface area contributed by atoms with Gasteiger partial charge >= 0.3 is 0 Å². The number of allylic oxidation sites excluding steroid dienone is 1. The Morgan fingerprint density at radius 3 is 2.56 bits per heavy atom. The molecule has 4 aromatic rings. The first-order valence-electron chi connectivity index (χ1n) is 13.6. The Morgan fingerprint density at radius 2 is 1.78 bits per heavy atom. The minimum Gasteiger partial charge on any atom is -0.497 e. The topological polar surface area (TPSA) is 75.7 Å². The number of para-hydroxylation sites is 1. The van der Waals surface area contributed by atoms with Gasteiger partial charge in [0.2, 0.25) is 5.91 Å². The standard InChI is InChI=1S/C34H28N2O4S/c1-19-13-14-26-23(16-19)20(2)17-28-34(24-10-4-5-11-25(24)35-33(34)39)29(31(37)21-8-6-9-22(18-21)40-3)30(36(26)28)32(38)27-12-7-15-41-27/h4-18,28-30H,1-3H3,(H,35,39). The van der Waals surface area contributed by atoms with E-state index in [9.17, 15) is 14.4 Å². The third-order valence-corrected chi connectivity index (χ3v) is 9.69. The number of carbonyl (C=O) groups excluding carboxylic acids is 3. The number of Topliss-reactive ketones (excluding diaryl/α,β-unsaturated/α-hetero) is 2. The van der Waals surface area contributed by atoms with Crippen LogP contribution in [-0.2, 0) is 10.2 Å². The molecule has 1 aromatic heterocycles. The lowest BCUT2D eigenvalue weighted by Crippen LogP contribution is -2.51. The molecule has 3 aliphatic heterocycles. The van der Waals surface area contributed by atoms with Gasteiger partial charge in [-0.1, -0.05) is 54.1 Å². The fourth-order valence-corrected chi connectivity index (χ4v) is 7.76. The summed E-state index contributed by atoms with van der Waals surface area (Å²) in [5.41, 5.74) is 4.44. The van der Waals surface area contributed by atoms with Crippen molar-refractivity contribution in [1.29, 1.82) is 0 Å². The van der Waals surface area contributed by atoms with E-state index in [4.69, 9.17) is 4.74 Å². The second-order valence-electron chi connectivity index (χ2n) is 11.0. The van der Waals surface area contributed by atoms with Crippen molar-refractivity contribution in [2.45, 2.75) is 31.3 Å². The van der Waals surface area contributed by atoms with Crippen LogP contribution in [0.2, 0.25) is 0 Å². The lowest BCUT2D eigenvalue weighted by Gasteiger charge is -2.39. The molecule has 3 aliphatic rings. The summed E-state index contributed by atoms with van der Waals surface area (Å²) in [6.07, 6.45) is 2.08. The van der Waals surface area contributed by atoms with Crippen LogP contribution in [0.5, 0.6) is 5.75 Å². The summed E-state index contributed by atoms with van der Waals surface area (Å²) in [4.78, 5) is 46.5. The molecule has 6 nitrogen and oxygen atoms in total. The van der Waals surface area contributed by atoms with Crippen molar-refractivity contribution in [2.75, 3.05) is 17.3 Å². The number of methoxy groups -OCH3 is 1. The maximum atomic E-state index is 14.9. The van der Waals surface area contributed by atoms with Crippen LogP contribution >= 0.6 is 11.3 Å². The van der Waals surface area contributed by atoms with Gasteiger partial charge in [0.25, 0.3) is 0 Å². The maximum Gasteiger partial charge on any atom is 0.238 e. The Balaban J connectivity index is 1.56. The SMILES string of the molecule is COc1cccc(C(=O)C2C(C(=O)c3cccs3)N3c4ccc(C)cc4C(C)=CC3C23C(=O)Nc2ccccc23)c1. The van der Waals surface area contributed by atoms with Gasteiger partial charge in [-0.05, 0) is 66.8 Å². The first-order chi connectivity index (χ1) is 19.9. The van der Waals surface area contributed by atoms with E-state index < -0.39 is 23.4 Å². The normalized spacial score (nSPS) is 23.9. The molecule has 0 aliphatic carbocycles. The van der Waals surface area contributed by atoms with Gasteiger partial charge in [0.1, 0.15) is 17.2 Å². The van der Waals surface area contributed by atoms with Gasteiger partial charge in [-0.3, -0.25) is 14.4 Å².